The summed E-state index contributed by atoms with van der Waals surface area (Å²) >= 11 is 0. The number of benzene rings is 2. The molecular formula is C21H26N4O7. The van der Waals surface area contributed by atoms with Crippen molar-refractivity contribution in [1.29, 1.82) is 0 Å². The second-order valence-corrected chi connectivity index (χ2v) is 5.97. The van der Waals surface area contributed by atoms with Crippen LogP contribution in [0, 0.1) is 0 Å². The lowest BCUT2D eigenvalue weighted by Gasteiger charge is -2.12. The van der Waals surface area contributed by atoms with Crippen molar-refractivity contribution < 1.29 is 33.2 Å². The first-order valence-electron chi connectivity index (χ1n) is 9.23. The Kier molecular flexibility index (Phi) is 8.96. The van der Waals surface area contributed by atoms with E-state index >= 15 is 0 Å². The highest BCUT2D eigenvalue weighted by atomic mass is 16.5. The average Bonchev–Trinajstić information content (AvgIpc) is 2.83. The van der Waals surface area contributed by atoms with Crippen LogP contribution in [-0.2, 0) is 0 Å². The second-order valence-electron chi connectivity index (χ2n) is 5.97. The van der Waals surface area contributed by atoms with Gasteiger partial charge in [0.2, 0.25) is 0 Å². The maximum atomic E-state index is 12.0. The summed E-state index contributed by atoms with van der Waals surface area (Å²) in [5.41, 5.74) is 5.76. The smallest absolute Gasteiger partial charge is 0.355 e. The van der Waals surface area contributed by atoms with Crippen LogP contribution in [0.5, 0.6) is 34.5 Å². The molecule has 0 radical (unpaired) electrons. The first kappa shape index (κ1) is 24.1. The zero-order valence-corrected chi connectivity index (χ0v) is 18.7. The van der Waals surface area contributed by atoms with E-state index in [0.717, 1.165) is 0 Å². The highest BCUT2D eigenvalue weighted by Crippen LogP contribution is 2.34. The van der Waals surface area contributed by atoms with Gasteiger partial charge in [-0.2, -0.15) is 10.2 Å². The van der Waals surface area contributed by atoms with Gasteiger partial charge in [-0.25, -0.2) is 15.6 Å². The Balaban J connectivity index is 2.05. The van der Waals surface area contributed by atoms with Crippen molar-refractivity contribution in [3.05, 3.63) is 35.4 Å². The van der Waals surface area contributed by atoms with E-state index < -0.39 is 6.03 Å². The Morgan fingerprint density at radius 2 is 0.906 bits per heavy atom. The number of rotatable bonds is 10. The number of nitrogens with zero attached hydrogens (tertiary/aromatic N) is 2. The zero-order valence-electron chi connectivity index (χ0n) is 18.7. The van der Waals surface area contributed by atoms with Gasteiger partial charge < -0.3 is 28.4 Å². The normalized spacial score (nSPS) is 10.7. The lowest BCUT2D eigenvalue weighted by Crippen LogP contribution is -2.28. The Hall–Kier alpha value is -4.15. The number of urea groups is 1. The highest BCUT2D eigenvalue weighted by Gasteiger charge is 2.11. The summed E-state index contributed by atoms with van der Waals surface area (Å²) in [5.74, 6) is 2.99. The summed E-state index contributed by atoms with van der Waals surface area (Å²) < 4.78 is 31.6. The molecule has 0 aliphatic rings. The molecular weight excluding hydrogens is 420 g/mol. The Morgan fingerprint density at radius 3 is 1.22 bits per heavy atom. The monoisotopic (exact) mass is 446 g/mol. The molecule has 0 aliphatic heterocycles. The van der Waals surface area contributed by atoms with Crippen LogP contribution >= 0.6 is 0 Å². The van der Waals surface area contributed by atoms with Gasteiger partial charge in [0, 0.05) is 23.3 Å². The van der Waals surface area contributed by atoms with Crippen LogP contribution in [0.4, 0.5) is 4.79 Å². The van der Waals surface area contributed by atoms with Gasteiger partial charge in [-0.05, 0) is 12.1 Å². The van der Waals surface area contributed by atoms with Gasteiger partial charge in [0.15, 0.2) is 23.0 Å². The average molecular weight is 446 g/mol. The number of nitrogens with one attached hydrogen (secondary N) is 2. The Morgan fingerprint density at radius 1 is 0.594 bits per heavy atom. The number of amides is 2. The molecule has 0 heterocycles. The number of carbonyl (C=O) groups is 1. The fraction of sp³-hybridized carbons (Fsp3) is 0.286. The van der Waals surface area contributed by atoms with E-state index in [2.05, 4.69) is 21.1 Å². The minimum Gasteiger partial charge on any atom is -0.496 e. The fourth-order valence-electron chi connectivity index (χ4n) is 2.65. The molecule has 0 spiro atoms. The standard InChI is InChI=1S/C21H26N4O7/c1-27-15-9-19(31-5)17(29-3)7-13(15)11-22-24-21(26)25-23-12-14-8-18(30-4)20(32-6)10-16(14)28-2/h7-12H,1-6H3,(H2,24,25,26)/b22-11-,23-12-. The van der Waals surface area contributed by atoms with Gasteiger partial charge >= 0.3 is 6.03 Å². The molecule has 0 aromatic heterocycles. The predicted octanol–water partition coefficient (Wildman–Crippen LogP) is 2.41. The van der Waals surface area contributed by atoms with Crippen LogP contribution in [0.15, 0.2) is 34.5 Å². The van der Waals surface area contributed by atoms with Crippen molar-refractivity contribution in [1.82, 2.24) is 10.9 Å². The first-order valence-corrected chi connectivity index (χ1v) is 9.23. The van der Waals surface area contributed by atoms with E-state index in [1.165, 1.54) is 55.1 Å². The van der Waals surface area contributed by atoms with Crippen LogP contribution in [0.1, 0.15) is 11.1 Å². The third kappa shape index (κ3) is 5.94. The van der Waals surface area contributed by atoms with E-state index in [-0.39, 0.29) is 0 Å². The van der Waals surface area contributed by atoms with Crippen molar-refractivity contribution in [2.75, 3.05) is 42.7 Å². The topological polar surface area (TPSA) is 121 Å². The maximum absolute atomic E-state index is 12.0. The van der Waals surface area contributed by atoms with Crippen LogP contribution in [0.2, 0.25) is 0 Å². The van der Waals surface area contributed by atoms with Gasteiger partial charge in [-0.1, -0.05) is 0 Å². The largest absolute Gasteiger partial charge is 0.496 e. The summed E-state index contributed by atoms with van der Waals surface area (Å²) in [5, 5.41) is 7.78. The molecule has 11 heteroatoms. The summed E-state index contributed by atoms with van der Waals surface area (Å²) in [6.07, 6.45) is 2.81. The Bertz CT molecular complexity index is 915. The van der Waals surface area contributed by atoms with E-state index in [0.29, 0.717) is 45.6 Å². The minimum atomic E-state index is -0.656. The van der Waals surface area contributed by atoms with E-state index in [9.17, 15) is 4.79 Å². The number of methoxy groups -OCH3 is 6. The zero-order chi connectivity index (χ0) is 23.5. The van der Waals surface area contributed by atoms with Crippen molar-refractivity contribution in [3.8, 4) is 34.5 Å². The number of hydrogen-bond donors (Lipinski definition) is 2. The van der Waals surface area contributed by atoms with E-state index in [1.807, 2.05) is 0 Å². The quantitative estimate of drug-likeness (QED) is 0.425. The third-order valence-electron chi connectivity index (χ3n) is 4.21. The predicted molar refractivity (Wildman–Crippen MR) is 119 cm³/mol. The highest BCUT2D eigenvalue weighted by molar-refractivity contribution is 5.88. The van der Waals surface area contributed by atoms with Crippen molar-refractivity contribution in [2.45, 2.75) is 0 Å². The molecule has 0 aliphatic carbocycles. The number of ether oxygens (including phenoxy) is 6. The lowest BCUT2D eigenvalue weighted by atomic mass is 10.2. The first-order chi connectivity index (χ1) is 15.5. The molecule has 2 amide bonds. The molecule has 0 saturated heterocycles. The molecule has 2 aromatic carbocycles. The van der Waals surface area contributed by atoms with E-state index in [1.54, 1.807) is 24.3 Å². The molecule has 172 valence electrons. The molecule has 11 nitrogen and oxygen atoms in total. The van der Waals surface area contributed by atoms with Gasteiger partial charge in [-0.15, -0.1) is 0 Å². The molecule has 2 N–H and O–H groups in total. The van der Waals surface area contributed by atoms with Crippen molar-refractivity contribution >= 4 is 18.5 Å². The molecule has 32 heavy (non-hydrogen) atoms. The third-order valence-corrected chi connectivity index (χ3v) is 4.21. The molecule has 2 aromatic rings. The minimum absolute atomic E-state index is 0.493. The van der Waals surface area contributed by atoms with Gasteiger partial charge in [0.25, 0.3) is 0 Å². The molecule has 0 fully saturated rings. The van der Waals surface area contributed by atoms with Gasteiger partial charge in [-0.3, -0.25) is 0 Å². The molecule has 0 atom stereocenters. The number of carbonyl (C=O) groups excluding carboxylic acids is 1. The summed E-state index contributed by atoms with van der Waals surface area (Å²) in [7, 11) is 9.10. The Labute approximate surface area is 185 Å². The van der Waals surface area contributed by atoms with E-state index in [4.69, 9.17) is 28.4 Å². The number of hydrogen-bond acceptors (Lipinski definition) is 9. The maximum Gasteiger partial charge on any atom is 0.355 e. The molecule has 0 bridgehead atoms. The summed E-state index contributed by atoms with van der Waals surface area (Å²) in [6, 6.07) is 5.99. The van der Waals surface area contributed by atoms with Crippen LogP contribution < -0.4 is 39.3 Å². The van der Waals surface area contributed by atoms with Crippen LogP contribution in [0.3, 0.4) is 0 Å². The molecule has 2 rings (SSSR count). The SMILES string of the molecule is COc1cc(OC)c(OC)cc1/C=N\NC(=O)N/N=C\c1cc(OC)c(OC)cc1OC. The lowest BCUT2D eigenvalue weighted by molar-refractivity contribution is 0.242. The van der Waals surface area contributed by atoms with Crippen LogP contribution in [-0.4, -0.2) is 61.1 Å². The number of hydrazone groups is 2. The second kappa shape index (κ2) is 11.9. The van der Waals surface area contributed by atoms with Crippen molar-refractivity contribution in [2.24, 2.45) is 10.2 Å². The van der Waals surface area contributed by atoms with Gasteiger partial charge in [0.1, 0.15) is 11.5 Å². The molecule has 0 saturated carbocycles. The summed E-state index contributed by atoms with van der Waals surface area (Å²) in [4.78, 5) is 12.0. The van der Waals surface area contributed by atoms with Crippen LogP contribution in [0.25, 0.3) is 0 Å². The fourth-order valence-corrected chi connectivity index (χ4v) is 2.65. The van der Waals surface area contributed by atoms with Gasteiger partial charge in [0.05, 0.1) is 55.1 Å². The van der Waals surface area contributed by atoms with Crippen molar-refractivity contribution in [3.63, 3.8) is 0 Å². The summed E-state index contributed by atoms with van der Waals surface area (Å²) in [6.45, 7) is 0. The molecule has 0 unspecified atom stereocenters.